The number of benzene rings is 2. The summed E-state index contributed by atoms with van der Waals surface area (Å²) in [5.74, 6) is -0.136. The zero-order valence-electron chi connectivity index (χ0n) is 15.8. The van der Waals surface area contributed by atoms with E-state index in [9.17, 15) is 13.2 Å². The predicted molar refractivity (Wildman–Crippen MR) is 106 cm³/mol. The molecule has 1 aliphatic heterocycles. The predicted octanol–water partition coefficient (Wildman–Crippen LogP) is 3.02. The Bertz CT molecular complexity index is 882. The van der Waals surface area contributed by atoms with E-state index >= 15 is 0 Å². The molecule has 0 aliphatic carbocycles. The molecule has 5 nitrogen and oxygen atoms in total. The number of hydrogen-bond donors (Lipinski definition) is 1. The minimum Gasteiger partial charge on any atom is -0.352 e. The normalized spacial score (nSPS) is 16.2. The van der Waals surface area contributed by atoms with Crippen LogP contribution in [0.2, 0.25) is 0 Å². The second kappa shape index (κ2) is 8.23. The van der Waals surface area contributed by atoms with Crippen molar-refractivity contribution in [2.45, 2.75) is 38.1 Å². The van der Waals surface area contributed by atoms with Crippen LogP contribution >= 0.6 is 0 Å². The van der Waals surface area contributed by atoms with E-state index < -0.39 is 10.0 Å². The number of hydrogen-bond acceptors (Lipinski definition) is 3. The molecule has 27 heavy (non-hydrogen) atoms. The average molecular weight is 387 g/mol. The molecular weight excluding hydrogens is 360 g/mol. The SMILES string of the molecule is Cc1ccc(CNC(=O)C2CCN(S(=O)(=O)c3ccc(C)cc3)CC2)cc1. The van der Waals surface area contributed by atoms with Crippen molar-refractivity contribution in [3.8, 4) is 0 Å². The summed E-state index contributed by atoms with van der Waals surface area (Å²) in [7, 11) is -3.49. The van der Waals surface area contributed by atoms with E-state index in [4.69, 9.17) is 0 Å². The van der Waals surface area contributed by atoms with Crippen LogP contribution in [0.15, 0.2) is 53.4 Å². The van der Waals surface area contributed by atoms with Gasteiger partial charge < -0.3 is 5.32 Å². The summed E-state index contributed by atoms with van der Waals surface area (Å²) in [4.78, 5) is 12.7. The molecule has 2 aromatic carbocycles. The Kier molecular flexibility index (Phi) is 5.97. The number of rotatable bonds is 5. The van der Waals surface area contributed by atoms with Crippen molar-refractivity contribution in [1.82, 2.24) is 9.62 Å². The second-order valence-electron chi connectivity index (χ2n) is 7.19. The lowest BCUT2D eigenvalue weighted by Gasteiger charge is -2.30. The molecular formula is C21H26N2O3S. The Labute approximate surface area is 161 Å². The first-order valence-corrected chi connectivity index (χ1v) is 10.7. The smallest absolute Gasteiger partial charge is 0.243 e. The van der Waals surface area contributed by atoms with Gasteiger partial charge in [0.1, 0.15) is 0 Å². The van der Waals surface area contributed by atoms with Gasteiger partial charge in [0.25, 0.3) is 0 Å². The molecule has 0 aromatic heterocycles. The molecule has 0 radical (unpaired) electrons. The van der Waals surface area contributed by atoms with E-state index in [2.05, 4.69) is 5.32 Å². The van der Waals surface area contributed by atoms with Crippen molar-refractivity contribution in [2.24, 2.45) is 5.92 Å². The summed E-state index contributed by atoms with van der Waals surface area (Å²) in [6, 6.07) is 15.0. The van der Waals surface area contributed by atoms with Gasteiger partial charge in [0.05, 0.1) is 4.90 Å². The van der Waals surface area contributed by atoms with Gasteiger partial charge in [-0.3, -0.25) is 4.79 Å². The average Bonchev–Trinajstić information content (AvgIpc) is 2.68. The molecule has 0 bridgehead atoms. The highest BCUT2D eigenvalue weighted by Crippen LogP contribution is 2.24. The zero-order chi connectivity index (χ0) is 19.4. The summed E-state index contributed by atoms with van der Waals surface area (Å²) in [6.45, 7) is 5.20. The van der Waals surface area contributed by atoms with Crippen LogP contribution in [0.5, 0.6) is 0 Å². The van der Waals surface area contributed by atoms with E-state index in [1.165, 1.54) is 9.87 Å². The Morgan fingerprint density at radius 1 is 0.963 bits per heavy atom. The van der Waals surface area contributed by atoms with Crippen molar-refractivity contribution in [1.29, 1.82) is 0 Å². The van der Waals surface area contributed by atoms with Crippen LogP contribution in [0.3, 0.4) is 0 Å². The van der Waals surface area contributed by atoms with Crippen LogP contribution in [-0.4, -0.2) is 31.7 Å². The molecule has 2 aromatic rings. The maximum Gasteiger partial charge on any atom is 0.243 e. The third-order valence-corrected chi connectivity index (χ3v) is 6.98. The number of nitrogens with zero attached hydrogens (tertiary/aromatic N) is 1. The van der Waals surface area contributed by atoms with Gasteiger partial charge in [-0.05, 0) is 44.4 Å². The summed E-state index contributed by atoms with van der Waals surface area (Å²) in [5, 5.41) is 2.97. The molecule has 0 spiro atoms. The van der Waals surface area contributed by atoms with Gasteiger partial charge in [-0.25, -0.2) is 8.42 Å². The Morgan fingerprint density at radius 2 is 1.48 bits per heavy atom. The van der Waals surface area contributed by atoms with Crippen LogP contribution in [0.4, 0.5) is 0 Å². The highest BCUT2D eigenvalue weighted by atomic mass is 32.2. The maximum atomic E-state index is 12.7. The second-order valence-corrected chi connectivity index (χ2v) is 9.13. The third kappa shape index (κ3) is 4.76. The number of nitrogens with one attached hydrogen (secondary N) is 1. The van der Waals surface area contributed by atoms with Crippen molar-refractivity contribution in [3.63, 3.8) is 0 Å². The number of amides is 1. The monoisotopic (exact) mass is 386 g/mol. The van der Waals surface area contributed by atoms with Crippen molar-refractivity contribution in [2.75, 3.05) is 13.1 Å². The number of aryl methyl sites for hydroxylation is 2. The highest BCUT2D eigenvalue weighted by molar-refractivity contribution is 7.89. The largest absolute Gasteiger partial charge is 0.352 e. The van der Waals surface area contributed by atoms with Gasteiger partial charge in [-0.1, -0.05) is 47.5 Å². The van der Waals surface area contributed by atoms with E-state index in [1.54, 1.807) is 24.3 Å². The minimum absolute atomic E-state index is 0.00274. The molecule has 1 fully saturated rings. The number of carbonyl (C=O) groups excluding carboxylic acids is 1. The molecule has 1 heterocycles. The van der Waals surface area contributed by atoms with Crippen LogP contribution < -0.4 is 5.32 Å². The molecule has 1 aliphatic rings. The van der Waals surface area contributed by atoms with E-state index in [-0.39, 0.29) is 11.8 Å². The third-order valence-electron chi connectivity index (χ3n) is 5.07. The van der Waals surface area contributed by atoms with Crippen LogP contribution in [0.25, 0.3) is 0 Å². The van der Waals surface area contributed by atoms with E-state index in [0.29, 0.717) is 37.4 Å². The van der Waals surface area contributed by atoms with Gasteiger partial charge >= 0.3 is 0 Å². The lowest BCUT2D eigenvalue weighted by atomic mass is 9.97. The molecule has 1 amide bonds. The number of piperidine rings is 1. The van der Waals surface area contributed by atoms with Crippen LogP contribution in [-0.2, 0) is 21.4 Å². The van der Waals surface area contributed by atoms with Crippen molar-refractivity contribution in [3.05, 3.63) is 65.2 Å². The number of carbonyl (C=O) groups is 1. The van der Waals surface area contributed by atoms with Crippen LogP contribution in [0.1, 0.15) is 29.5 Å². The maximum absolute atomic E-state index is 12.7. The van der Waals surface area contributed by atoms with Crippen molar-refractivity contribution < 1.29 is 13.2 Å². The first-order chi connectivity index (χ1) is 12.9. The molecule has 1 saturated heterocycles. The molecule has 0 atom stereocenters. The Morgan fingerprint density at radius 3 is 2.04 bits per heavy atom. The van der Waals surface area contributed by atoms with Gasteiger partial charge in [0, 0.05) is 25.6 Å². The molecule has 0 unspecified atom stereocenters. The lowest BCUT2D eigenvalue weighted by Crippen LogP contribution is -2.42. The van der Waals surface area contributed by atoms with E-state index in [1.807, 2.05) is 38.1 Å². The summed E-state index contributed by atoms with van der Waals surface area (Å²) < 4.78 is 27.0. The Balaban J connectivity index is 1.54. The standard InChI is InChI=1S/C21H26N2O3S/c1-16-3-7-18(8-4-16)15-22-21(24)19-11-13-23(14-12-19)27(25,26)20-9-5-17(2)6-10-20/h3-10,19H,11-15H2,1-2H3,(H,22,24). The van der Waals surface area contributed by atoms with Crippen molar-refractivity contribution >= 4 is 15.9 Å². The summed E-state index contributed by atoms with van der Waals surface area (Å²) in [5.41, 5.74) is 3.28. The molecule has 1 N–H and O–H groups in total. The Hall–Kier alpha value is -2.18. The summed E-state index contributed by atoms with van der Waals surface area (Å²) in [6.07, 6.45) is 1.09. The van der Waals surface area contributed by atoms with Crippen LogP contribution in [0, 0.1) is 19.8 Å². The quantitative estimate of drug-likeness (QED) is 0.859. The zero-order valence-corrected chi connectivity index (χ0v) is 16.6. The van der Waals surface area contributed by atoms with Gasteiger partial charge in [0.15, 0.2) is 0 Å². The molecule has 3 rings (SSSR count). The van der Waals surface area contributed by atoms with Gasteiger partial charge in [-0.2, -0.15) is 4.31 Å². The van der Waals surface area contributed by atoms with Gasteiger partial charge in [-0.15, -0.1) is 0 Å². The fourth-order valence-electron chi connectivity index (χ4n) is 3.26. The van der Waals surface area contributed by atoms with E-state index in [0.717, 1.165) is 11.1 Å². The number of sulfonamides is 1. The van der Waals surface area contributed by atoms with Gasteiger partial charge in [0.2, 0.25) is 15.9 Å². The minimum atomic E-state index is -3.49. The molecule has 144 valence electrons. The first kappa shape index (κ1) is 19.6. The molecule has 0 saturated carbocycles. The summed E-state index contributed by atoms with van der Waals surface area (Å²) >= 11 is 0. The first-order valence-electron chi connectivity index (χ1n) is 9.26. The highest BCUT2D eigenvalue weighted by Gasteiger charge is 2.31. The molecule has 6 heteroatoms. The lowest BCUT2D eigenvalue weighted by molar-refractivity contribution is -0.126. The fraction of sp³-hybridized carbons (Fsp3) is 0.381. The fourth-order valence-corrected chi connectivity index (χ4v) is 4.73. The topological polar surface area (TPSA) is 66.5 Å².